The molecule has 0 spiro atoms. The highest BCUT2D eigenvalue weighted by Gasteiger charge is 2.33. The summed E-state index contributed by atoms with van der Waals surface area (Å²) in [4.78, 5) is 10.6. The number of carbonyl (C=O) groups is 1. The van der Waals surface area contributed by atoms with Crippen LogP contribution in [-0.2, 0) is 10.0 Å². The van der Waals surface area contributed by atoms with Gasteiger partial charge in [-0.05, 0) is 19.8 Å². The zero-order valence-electron chi connectivity index (χ0n) is 11.0. The van der Waals surface area contributed by atoms with Gasteiger partial charge in [-0.25, -0.2) is 17.9 Å². The average molecular weight is 303 g/mol. The highest BCUT2D eigenvalue weighted by atomic mass is 32.2. The molecule has 0 aliphatic heterocycles. The number of nitrogens with one attached hydrogen (secondary N) is 2. The van der Waals surface area contributed by atoms with Crippen LogP contribution in [0, 0.1) is 6.92 Å². The Hall–Kier alpha value is -1.45. The number of aromatic amines is 1. The van der Waals surface area contributed by atoms with Gasteiger partial charge in [0.2, 0.25) is 10.0 Å². The summed E-state index contributed by atoms with van der Waals surface area (Å²) >= 11 is 0. The highest BCUT2D eigenvalue weighted by Crippen LogP contribution is 2.23. The number of carboxylic acid groups (broad SMARTS) is 1. The normalized spacial score (nSPS) is 23.7. The molecule has 112 valence electrons. The largest absolute Gasteiger partial charge is 0.476 e. The van der Waals surface area contributed by atoms with Gasteiger partial charge in [0.15, 0.2) is 5.69 Å². The van der Waals surface area contributed by atoms with Crippen LogP contribution in [0.4, 0.5) is 0 Å². The van der Waals surface area contributed by atoms with Crippen LogP contribution in [0.2, 0.25) is 0 Å². The first-order valence-electron chi connectivity index (χ1n) is 6.31. The molecule has 1 aromatic rings. The van der Waals surface area contributed by atoms with E-state index in [0.717, 1.165) is 12.8 Å². The van der Waals surface area contributed by atoms with E-state index in [4.69, 9.17) is 5.11 Å². The number of aliphatic hydroxyl groups is 1. The van der Waals surface area contributed by atoms with Gasteiger partial charge < -0.3 is 10.2 Å². The standard InChI is InChI=1S/C11H17N3O5S/c1-6-10(9(11(16)17)13-12-6)20(18,19)14-7-4-2-3-5-8(7)15/h7-8,14-15H,2-5H2,1H3,(H,12,13)(H,16,17)/t7-,8-/m0/s1. The maximum absolute atomic E-state index is 12.3. The Bertz CT molecular complexity index is 610. The van der Waals surface area contributed by atoms with Crippen molar-refractivity contribution in [3.8, 4) is 0 Å². The Labute approximate surface area is 116 Å². The molecule has 0 radical (unpaired) electrons. The van der Waals surface area contributed by atoms with Crippen molar-refractivity contribution >= 4 is 16.0 Å². The summed E-state index contributed by atoms with van der Waals surface area (Å²) in [5.74, 6) is -1.42. The van der Waals surface area contributed by atoms with E-state index in [9.17, 15) is 18.3 Å². The zero-order chi connectivity index (χ0) is 14.9. The molecule has 1 heterocycles. The van der Waals surface area contributed by atoms with E-state index in [-0.39, 0.29) is 10.6 Å². The summed E-state index contributed by atoms with van der Waals surface area (Å²) in [6, 6.07) is -0.593. The van der Waals surface area contributed by atoms with Gasteiger partial charge in [0, 0.05) is 6.04 Å². The molecule has 1 aliphatic carbocycles. The maximum Gasteiger partial charge on any atom is 0.357 e. The van der Waals surface area contributed by atoms with E-state index in [1.807, 2.05) is 0 Å². The monoisotopic (exact) mass is 303 g/mol. The molecule has 1 fully saturated rings. The van der Waals surface area contributed by atoms with Gasteiger partial charge in [-0.2, -0.15) is 5.10 Å². The van der Waals surface area contributed by atoms with Crippen molar-refractivity contribution in [2.24, 2.45) is 0 Å². The Morgan fingerprint density at radius 2 is 2.05 bits per heavy atom. The van der Waals surface area contributed by atoms with Crippen LogP contribution in [0.3, 0.4) is 0 Å². The molecular formula is C11H17N3O5S. The lowest BCUT2D eigenvalue weighted by atomic mass is 9.93. The van der Waals surface area contributed by atoms with Crippen molar-refractivity contribution in [2.75, 3.05) is 0 Å². The molecule has 1 aliphatic rings. The van der Waals surface area contributed by atoms with Gasteiger partial charge in [0.05, 0.1) is 11.8 Å². The first-order valence-corrected chi connectivity index (χ1v) is 7.80. The SMILES string of the molecule is Cc1[nH]nc(C(=O)O)c1S(=O)(=O)N[C@H]1CCCC[C@@H]1O. The molecule has 0 saturated heterocycles. The number of sulfonamides is 1. The number of hydrogen-bond acceptors (Lipinski definition) is 5. The van der Waals surface area contributed by atoms with Gasteiger partial charge >= 0.3 is 5.97 Å². The van der Waals surface area contributed by atoms with E-state index in [1.165, 1.54) is 6.92 Å². The maximum atomic E-state index is 12.3. The Kier molecular flexibility index (Phi) is 4.11. The van der Waals surface area contributed by atoms with E-state index in [0.29, 0.717) is 12.8 Å². The number of aromatic nitrogens is 2. The molecule has 0 bridgehead atoms. The minimum absolute atomic E-state index is 0.153. The van der Waals surface area contributed by atoms with Gasteiger partial charge in [-0.3, -0.25) is 5.10 Å². The van der Waals surface area contributed by atoms with Crippen LogP contribution in [0.25, 0.3) is 0 Å². The van der Waals surface area contributed by atoms with Crippen molar-refractivity contribution in [1.29, 1.82) is 0 Å². The molecule has 0 unspecified atom stereocenters. The Balaban J connectivity index is 2.31. The number of nitrogens with zero attached hydrogens (tertiary/aromatic N) is 1. The number of aliphatic hydroxyl groups excluding tert-OH is 1. The molecule has 4 N–H and O–H groups in total. The number of aromatic carboxylic acids is 1. The van der Waals surface area contributed by atoms with Crippen LogP contribution in [0.5, 0.6) is 0 Å². The summed E-state index contributed by atoms with van der Waals surface area (Å²) in [7, 11) is -4.04. The second-order valence-electron chi connectivity index (χ2n) is 4.91. The summed E-state index contributed by atoms with van der Waals surface area (Å²) in [6.07, 6.45) is 1.98. The van der Waals surface area contributed by atoms with Crippen molar-refractivity contribution in [3.05, 3.63) is 11.4 Å². The summed E-state index contributed by atoms with van der Waals surface area (Å²) in [5.41, 5.74) is -0.388. The molecule has 8 nitrogen and oxygen atoms in total. The van der Waals surface area contributed by atoms with Crippen molar-refractivity contribution in [3.63, 3.8) is 0 Å². The van der Waals surface area contributed by atoms with E-state index in [2.05, 4.69) is 14.9 Å². The number of H-pyrrole nitrogens is 1. The molecule has 2 rings (SSSR count). The lowest BCUT2D eigenvalue weighted by Gasteiger charge is -2.28. The van der Waals surface area contributed by atoms with Crippen LogP contribution in [0.15, 0.2) is 4.90 Å². The van der Waals surface area contributed by atoms with Gasteiger partial charge in [0.1, 0.15) is 4.90 Å². The molecule has 1 saturated carbocycles. The lowest BCUT2D eigenvalue weighted by Crippen LogP contribution is -2.45. The van der Waals surface area contributed by atoms with E-state index < -0.39 is 33.8 Å². The molecular weight excluding hydrogens is 286 g/mol. The molecule has 0 aromatic carbocycles. The van der Waals surface area contributed by atoms with Crippen LogP contribution >= 0.6 is 0 Å². The minimum atomic E-state index is -4.04. The molecule has 9 heteroatoms. The van der Waals surface area contributed by atoms with E-state index >= 15 is 0 Å². The van der Waals surface area contributed by atoms with Crippen molar-refractivity contribution < 1.29 is 23.4 Å². The summed E-state index contributed by atoms with van der Waals surface area (Å²) in [6.45, 7) is 1.44. The van der Waals surface area contributed by atoms with E-state index in [1.54, 1.807) is 0 Å². The highest BCUT2D eigenvalue weighted by molar-refractivity contribution is 7.89. The third-order valence-corrected chi connectivity index (χ3v) is 5.05. The van der Waals surface area contributed by atoms with Crippen molar-refractivity contribution in [1.82, 2.24) is 14.9 Å². The summed E-state index contributed by atoms with van der Waals surface area (Å²) in [5, 5.41) is 24.6. The second-order valence-corrected chi connectivity index (χ2v) is 6.56. The second kappa shape index (κ2) is 5.51. The van der Waals surface area contributed by atoms with Crippen molar-refractivity contribution in [2.45, 2.75) is 49.6 Å². The predicted molar refractivity (Wildman–Crippen MR) is 68.9 cm³/mol. The fourth-order valence-corrected chi connectivity index (χ4v) is 4.03. The van der Waals surface area contributed by atoms with Crippen LogP contribution < -0.4 is 4.72 Å². The third-order valence-electron chi connectivity index (χ3n) is 3.40. The number of rotatable bonds is 4. The average Bonchev–Trinajstić information content (AvgIpc) is 2.75. The molecule has 0 amide bonds. The number of carboxylic acids is 1. The van der Waals surface area contributed by atoms with Crippen LogP contribution in [0.1, 0.15) is 41.9 Å². The smallest absolute Gasteiger partial charge is 0.357 e. The Morgan fingerprint density at radius 3 is 2.65 bits per heavy atom. The first kappa shape index (κ1) is 14.9. The first-order chi connectivity index (χ1) is 9.33. The molecule has 2 atom stereocenters. The zero-order valence-corrected chi connectivity index (χ0v) is 11.8. The number of aryl methyl sites for hydroxylation is 1. The molecule has 1 aromatic heterocycles. The Morgan fingerprint density at radius 1 is 1.40 bits per heavy atom. The topological polar surface area (TPSA) is 132 Å². The summed E-state index contributed by atoms with van der Waals surface area (Å²) < 4.78 is 27.0. The van der Waals surface area contributed by atoms with Gasteiger partial charge in [0.25, 0.3) is 0 Å². The van der Waals surface area contributed by atoms with Gasteiger partial charge in [-0.1, -0.05) is 12.8 Å². The van der Waals surface area contributed by atoms with Crippen LogP contribution in [-0.4, -0.2) is 46.9 Å². The fourth-order valence-electron chi connectivity index (χ4n) is 2.40. The third kappa shape index (κ3) is 2.84. The number of hydrogen-bond donors (Lipinski definition) is 4. The molecule has 20 heavy (non-hydrogen) atoms. The fraction of sp³-hybridized carbons (Fsp3) is 0.636. The lowest BCUT2D eigenvalue weighted by molar-refractivity contribution is 0.0686. The van der Waals surface area contributed by atoms with Gasteiger partial charge in [-0.15, -0.1) is 0 Å². The predicted octanol–water partition coefficient (Wildman–Crippen LogP) is -0.00188. The minimum Gasteiger partial charge on any atom is -0.476 e. The quantitative estimate of drug-likeness (QED) is 0.619.